The van der Waals surface area contributed by atoms with Gasteiger partial charge in [-0.2, -0.15) is 5.26 Å². The van der Waals surface area contributed by atoms with Crippen molar-refractivity contribution in [3.8, 4) is 6.07 Å². The van der Waals surface area contributed by atoms with Gasteiger partial charge in [0.05, 0.1) is 17.4 Å². The van der Waals surface area contributed by atoms with E-state index in [0.717, 1.165) is 24.4 Å². The summed E-state index contributed by atoms with van der Waals surface area (Å²) in [5.41, 5.74) is 0.158. The maximum atomic E-state index is 12.9. The zero-order chi connectivity index (χ0) is 13.8. The van der Waals surface area contributed by atoms with E-state index in [-0.39, 0.29) is 16.9 Å². The Labute approximate surface area is 107 Å². The lowest BCUT2D eigenvalue weighted by atomic mass is 10.2. The predicted octanol–water partition coefficient (Wildman–Crippen LogP) is 2.48. The molecule has 6 heteroatoms. The van der Waals surface area contributed by atoms with Gasteiger partial charge in [0.2, 0.25) is 0 Å². The Hall–Kier alpha value is -2.81. The van der Waals surface area contributed by atoms with Crippen LogP contribution in [0.1, 0.15) is 16.1 Å². The van der Waals surface area contributed by atoms with Crippen molar-refractivity contribution in [3.63, 3.8) is 0 Å². The Morgan fingerprint density at radius 2 is 1.95 bits per heavy atom. The molecule has 2 rings (SSSR count). The van der Waals surface area contributed by atoms with Crippen LogP contribution in [-0.4, -0.2) is 10.9 Å². The number of hydrogen-bond acceptors (Lipinski definition) is 3. The van der Waals surface area contributed by atoms with Crippen molar-refractivity contribution in [1.82, 2.24) is 4.98 Å². The zero-order valence-electron chi connectivity index (χ0n) is 9.52. The van der Waals surface area contributed by atoms with Gasteiger partial charge in [0, 0.05) is 0 Å². The number of rotatable bonds is 2. The topological polar surface area (TPSA) is 65.8 Å². The molecule has 1 aromatic heterocycles. The normalized spacial score (nSPS) is 9.74. The molecule has 4 nitrogen and oxygen atoms in total. The number of carbonyl (C=O) groups is 1. The number of aromatic nitrogens is 1. The first-order valence-electron chi connectivity index (χ1n) is 5.22. The van der Waals surface area contributed by atoms with Gasteiger partial charge >= 0.3 is 0 Å². The quantitative estimate of drug-likeness (QED) is 0.901. The number of nitrogens with zero attached hydrogens (tertiary/aromatic N) is 2. The Kier molecular flexibility index (Phi) is 3.48. The molecule has 0 spiro atoms. The van der Waals surface area contributed by atoms with Crippen LogP contribution in [0.15, 0.2) is 36.5 Å². The summed E-state index contributed by atoms with van der Waals surface area (Å²) < 4.78 is 25.6. The molecule has 0 aliphatic heterocycles. The fourth-order valence-corrected chi connectivity index (χ4v) is 1.41. The van der Waals surface area contributed by atoms with Crippen LogP contribution in [0.3, 0.4) is 0 Å². The third-order valence-electron chi connectivity index (χ3n) is 2.31. The number of pyridine rings is 1. The minimum atomic E-state index is -0.608. The first-order valence-corrected chi connectivity index (χ1v) is 5.22. The van der Waals surface area contributed by atoms with Gasteiger partial charge in [0.1, 0.15) is 23.4 Å². The highest BCUT2D eigenvalue weighted by Gasteiger charge is 2.11. The molecule has 94 valence electrons. The molecule has 0 aliphatic rings. The van der Waals surface area contributed by atoms with Crippen LogP contribution in [0.2, 0.25) is 0 Å². The number of benzene rings is 1. The van der Waals surface area contributed by atoms with Gasteiger partial charge in [-0.1, -0.05) is 0 Å². The molecule has 1 heterocycles. The summed E-state index contributed by atoms with van der Waals surface area (Å²) in [5, 5.41) is 11.2. The van der Waals surface area contributed by atoms with E-state index in [9.17, 15) is 13.6 Å². The van der Waals surface area contributed by atoms with Crippen molar-refractivity contribution in [3.05, 3.63) is 59.4 Å². The lowest BCUT2D eigenvalue weighted by molar-refractivity contribution is 0.102. The van der Waals surface area contributed by atoms with Crippen LogP contribution in [0.4, 0.5) is 14.5 Å². The molecule has 0 atom stereocenters. The first-order chi connectivity index (χ1) is 9.10. The van der Waals surface area contributed by atoms with Crippen LogP contribution in [0, 0.1) is 23.0 Å². The van der Waals surface area contributed by atoms with Crippen molar-refractivity contribution in [2.45, 2.75) is 0 Å². The summed E-state index contributed by atoms with van der Waals surface area (Å²) in [6.07, 6.45) is 0.908. The Morgan fingerprint density at radius 1 is 1.21 bits per heavy atom. The van der Waals surface area contributed by atoms with Crippen molar-refractivity contribution >= 4 is 11.6 Å². The number of nitriles is 1. The largest absolute Gasteiger partial charge is 0.319 e. The second-order valence-electron chi connectivity index (χ2n) is 3.62. The summed E-state index contributed by atoms with van der Waals surface area (Å²) >= 11 is 0. The maximum absolute atomic E-state index is 12.9. The summed E-state index contributed by atoms with van der Waals surface area (Å²) in [6, 6.07) is 7.47. The van der Waals surface area contributed by atoms with Crippen LogP contribution in [0.25, 0.3) is 0 Å². The van der Waals surface area contributed by atoms with Crippen LogP contribution in [-0.2, 0) is 0 Å². The Morgan fingerprint density at radius 3 is 2.58 bits per heavy atom. The fourth-order valence-electron chi connectivity index (χ4n) is 1.41. The molecule has 19 heavy (non-hydrogen) atoms. The van der Waals surface area contributed by atoms with E-state index in [1.165, 1.54) is 12.1 Å². The van der Waals surface area contributed by atoms with Crippen molar-refractivity contribution in [2.75, 3.05) is 5.32 Å². The highest BCUT2D eigenvalue weighted by atomic mass is 19.1. The molecule has 1 amide bonds. The van der Waals surface area contributed by atoms with Crippen molar-refractivity contribution in [1.29, 1.82) is 5.26 Å². The summed E-state index contributed by atoms with van der Waals surface area (Å²) in [5.74, 6) is -1.74. The Bertz CT molecular complexity index is 663. The van der Waals surface area contributed by atoms with E-state index in [4.69, 9.17) is 5.26 Å². The summed E-state index contributed by atoms with van der Waals surface area (Å²) in [6.45, 7) is 0. The Balaban J connectivity index is 2.24. The minimum Gasteiger partial charge on any atom is -0.319 e. The van der Waals surface area contributed by atoms with Gasteiger partial charge in [-0.25, -0.2) is 13.8 Å². The smallest absolute Gasteiger partial charge is 0.274 e. The first kappa shape index (κ1) is 12.6. The summed E-state index contributed by atoms with van der Waals surface area (Å²) in [7, 11) is 0. The highest BCUT2D eigenvalue weighted by molar-refractivity contribution is 6.03. The molecule has 0 radical (unpaired) electrons. The molecule has 1 aromatic carbocycles. The third-order valence-corrected chi connectivity index (χ3v) is 2.31. The lowest BCUT2D eigenvalue weighted by Gasteiger charge is -2.06. The van der Waals surface area contributed by atoms with Gasteiger partial charge in [0.15, 0.2) is 0 Å². The van der Waals surface area contributed by atoms with Crippen LogP contribution >= 0.6 is 0 Å². The molecular weight excluding hydrogens is 252 g/mol. The van der Waals surface area contributed by atoms with Crippen LogP contribution < -0.4 is 5.32 Å². The van der Waals surface area contributed by atoms with Gasteiger partial charge in [0.25, 0.3) is 5.91 Å². The van der Waals surface area contributed by atoms with Gasteiger partial charge in [-0.15, -0.1) is 0 Å². The number of carbonyl (C=O) groups excluding carboxylic acids is 1. The molecule has 0 saturated heterocycles. The highest BCUT2D eigenvalue weighted by Crippen LogP contribution is 2.16. The predicted molar refractivity (Wildman–Crippen MR) is 63.3 cm³/mol. The number of hydrogen-bond donors (Lipinski definition) is 1. The molecule has 0 saturated carbocycles. The number of anilines is 1. The molecular formula is C13H7F2N3O. The summed E-state index contributed by atoms with van der Waals surface area (Å²) in [4.78, 5) is 15.4. The zero-order valence-corrected chi connectivity index (χ0v) is 9.52. The van der Waals surface area contributed by atoms with Gasteiger partial charge in [-0.05, 0) is 30.3 Å². The van der Waals surface area contributed by atoms with Gasteiger partial charge in [-0.3, -0.25) is 4.79 Å². The molecule has 2 aromatic rings. The second kappa shape index (κ2) is 5.23. The number of nitrogens with one attached hydrogen (secondary N) is 1. The van der Waals surface area contributed by atoms with Crippen molar-refractivity contribution in [2.24, 2.45) is 0 Å². The standard InChI is InChI=1S/C13H7F2N3O/c14-9-1-3-11(8(5-9)6-16)18-13(19)12-4-2-10(15)7-17-12/h1-5,7H,(H,18,19). The monoisotopic (exact) mass is 259 g/mol. The van der Waals surface area contributed by atoms with E-state index in [2.05, 4.69) is 10.3 Å². The minimum absolute atomic E-state index is 0.00420. The molecule has 0 bridgehead atoms. The van der Waals surface area contributed by atoms with E-state index in [1.807, 2.05) is 0 Å². The fraction of sp³-hybridized carbons (Fsp3) is 0. The number of amides is 1. The molecule has 0 unspecified atom stereocenters. The SMILES string of the molecule is N#Cc1cc(F)ccc1NC(=O)c1ccc(F)cn1. The number of halogens is 2. The van der Waals surface area contributed by atoms with Crippen molar-refractivity contribution < 1.29 is 13.6 Å². The average Bonchev–Trinajstić information content (AvgIpc) is 2.41. The third kappa shape index (κ3) is 2.90. The second-order valence-corrected chi connectivity index (χ2v) is 3.62. The molecule has 1 N–H and O–H groups in total. The lowest BCUT2D eigenvalue weighted by Crippen LogP contribution is -2.14. The van der Waals surface area contributed by atoms with Crippen LogP contribution in [0.5, 0.6) is 0 Å². The van der Waals surface area contributed by atoms with Gasteiger partial charge < -0.3 is 5.32 Å². The molecule has 0 fully saturated rings. The average molecular weight is 259 g/mol. The van der Waals surface area contributed by atoms with E-state index >= 15 is 0 Å². The van der Waals surface area contributed by atoms with E-state index < -0.39 is 17.5 Å². The van der Waals surface area contributed by atoms with E-state index in [0.29, 0.717) is 0 Å². The maximum Gasteiger partial charge on any atom is 0.274 e. The molecule has 0 aliphatic carbocycles. The van der Waals surface area contributed by atoms with E-state index in [1.54, 1.807) is 6.07 Å².